The summed E-state index contributed by atoms with van der Waals surface area (Å²) in [4.78, 5) is 30.8. The predicted octanol–water partition coefficient (Wildman–Crippen LogP) is 2.21. The zero-order valence-electron chi connectivity index (χ0n) is 18.8. The normalized spacial score (nSPS) is 17.3. The van der Waals surface area contributed by atoms with Crippen LogP contribution in [0, 0.1) is 6.92 Å². The predicted molar refractivity (Wildman–Crippen MR) is 127 cm³/mol. The van der Waals surface area contributed by atoms with Crippen LogP contribution in [0.3, 0.4) is 0 Å². The number of rotatable bonds is 6. The summed E-state index contributed by atoms with van der Waals surface area (Å²) in [6.45, 7) is 3.10. The van der Waals surface area contributed by atoms with E-state index in [1.54, 1.807) is 23.2 Å². The maximum atomic E-state index is 13.4. The number of anilines is 3. The highest BCUT2D eigenvalue weighted by Gasteiger charge is 2.40. The van der Waals surface area contributed by atoms with E-state index in [4.69, 9.17) is 14.8 Å². The van der Waals surface area contributed by atoms with Gasteiger partial charge in [-0.05, 0) is 43.7 Å². The highest BCUT2D eigenvalue weighted by atomic mass is 16.5. The number of aromatic nitrogens is 3. The lowest BCUT2D eigenvalue weighted by atomic mass is 10.1. The minimum atomic E-state index is -0.981. The van der Waals surface area contributed by atoms with Gasteiger partial charge in [0.15, 0.2) is 5.82 Å². The number of nitrogens with one attached hydrogen (secondary N) is 1. The Morgan fingerprint density at radius 1 is 1.24 bits per heavy atom. The van der Waals surface area contributed by atoms with Crippen molar-refractivity contribution in [3.05, 3.63) is 54.5 Å². The molecule has 10 nitrogen and oxygen atoms in total. The lowest BCUT2D eigenvalue weighted by Crippen LogP contribution is -2.48. The molecule has 2 aliphatic rings. The van der Waals surface area contributed by atoms with Gasteiger partial charge < -0.3 is 19.8 Å². The van der Waals surface area contributed by atoms with E-state index in [9.17, 15) is 9.90 Å². The van der Waals surface area contributed by atoms with Gasteiger partial charge in [-0.1, -0.05) is 0 Å². The van der Waals surface area contributed by atoms with Crippen molar-refractivity contribution in [2.75, 3.05) is 41.4 Å². The SMILES string of the molecule is Cc1cc(-c2ccc3c(n2)N(C(=O)Nc2cc(OC[C@@H](O)CO)ccn2)[C@H]2CCN3C2)ccn1. The summed E-state index contributed by atoms with van der Waals surface area (Å²) in [6.07, 6.45) is 3.14. The second kappa shape index (κ2) is 9.24. The smallest absolute Gasteiger partial charge is 0.329 e. The monoisotopic (exact) mass is 462 g/mol. The molecule has 1 saturated heterocycles. The number of fused-ring (bicyclic) bond motifs is 4. The number of nitrogens with zero attached hydrogens (tertiary/aromatic N) is 5. The average Bonchev–Trinajstić information content (AvgIpc) is 3.26. The van der Waals surface area contributed by atoms with E-state index >= 15 is 0 Å². The molecular formula is C24H26N6O4. The van der Waals surface area contributed by atoms with Crippen molar-refractivity contribution in [3.8, 4) is 17.0 Å². The Morgan fingerprint density at radius 2 is 2.09 bits per heavy atom. The first-order valence-corrected chi connectivity index (χ1v) is 11.2. The van der Waals surface area contributed by atoms with Gasteiger partial charge in [0.1, 0.15) is 24.3 Å². The molecule has 5 rings (SSSR count). The third-order valence-corrected chi connectivity index (χ3v) is 5.98. The van der Waals surface area contributed by atoms with Crippen LogP contribution >= 0.6 is 0 Å². The summed E-state index contributed by atoms with van der Waals surface area (Å²) < 4.78 is 5.47. The largest absolute Gasteiger partial charge is 0.491 e. The molecule has 2 aliphatic heterocycles. The number of carbonyl (C=O) groups is 1. The van der Waals surface area contributed by atoms with Crippen molar-refractivity contribution in [2.24, 2.45) is 0 Å². The van der Waals surface area contributed by atoms with Gasteiger partial charge in [0, 0.05) is 42.8 Å². The number of hydrogen-bond acceptors (Lipinski definition) is 8. The molecule has 3 N–H and O–H groups in total. The van der Waals surface area contributed by atoms with Crippen molar-refractivity contribution in [2.45, 2.75) is 25.5 Å². The molecular weight excluding hydrogens is 436 g/mol. The molecule has 2 amide bonds. The molecule has 5 heterocycles. The van der Waals surface area contributed by atoms with Crippen molar-refractivity contribution in [1.82, 2.24) is 15.0 Å². The zero-order valence-corrected chi connectivity index (χ0v) is 18.8. The molecule has 2 atom stereocenters. The van der Waals surface area contributed by atoms with Crippen LogP contribution in [0.15, 0.2) is 48.8 Å². The van der Waals surface area contributed by atoms with E-state index in [0.29, 0.717) is 17.4 Å². The van der Waals surface area contributed by atoms with E-state index in [0.717, 1.165) is 42.1 Å². The standard InChI is InChI=1S/C24H26N6O4/c1-15-10-16(4-7-25-15)20-2-3-21-23(27-20)30(17-6-9-29(21)12-17)24(33)28-22-11-19(5-8-26-22)34-14-18(32)13-31/h2-5,7-8,10-11,17-18,31-32H,6,9,12-14H2,1H3,(H,26,28,33)/t17-,18-/m0/s1. The fourth-order valence-electron chi connectivity index (χ4n) is 4.32. The van der Waals surface area contributed by atoms with Gasteiger partial charge in [0.2, 0.25) is 0 Å². The Morgan fingerprint density at radius 3 is 2.91 bits per heavy atom. The summed E-state index contributed by atoms with van der Waals surface area (Å²) >= 11 is 0. The average molecular weight is 463 g/mol. The first-order valence-electron chi connectivity index (χ1n) is 11.2. The van der Waals surface area contributed by atoms with Crippen LogP contribution in [0.2, 0.25) is 0 Å². The summed E-state index contributed by atoms with van der Waals surface area (Å²) in [5, 5.41) is 21.3. The second-order valence-electron chi connectivity index (χ2n) is 8.44. The van der Waals surface area contributed by atoms with Crippen LogP contribution in [0.4, 0.5) is 22.1 Å². The lowest BCUT2D eigenvalue weighted by Gasteiger charge is -2.35. The number of aryl methyl sites for hydroxylation is 1. The van der Waals surface area contributed by atoms with Crippen LogP contribution in [-0.4, -0.2) is 69.6 Å². The molecule has 0 saturated carbocycles. The van der Waals surface area contributed by atoms with Gasteiger partial charge in [-0.25, -0.2) is 14.8 Å². The number of carbonyl (C=O) groups excluding carboxylic acids is 1. The summed E-state index contributed by atoms with van der Waals surface area (Å²) in [6, 6.07) is 10.8. The number of urea groups is 1. The van der Waals surface area contributed by atoms with Crippen molar-refractivity contribution in [3.63, 3.8) is 0 Å². The number of pyridine rings is 3. The van der Waals surface area contributed by atoms with E-state index in [1.165, 1.54) is 6.20 Å². The Hall–Kier alpha value is -3.76. The van der Waals surface area contributed by atoms with Crippen molar-refractivity contribution < 1.29 is 19.7 Å². The van der Waals surface area contributed by atoms with Crippen LogP contribution < -0.4 is 19.9 Å². The van der Waals surface area contributed by atoms with Gasteiger partial charge in [-0.2, -0.15) is 0 Å². The molecule has 3 aromatic heterocycles. The number of aliphatic hydroxyl groups is 2. The van der Waals surface area contributed by atoms with E-state index in [-0.39, 0.29) is 18.7 Å². The first kappa shape index (κ1) is 22.1. The van der Waals surface area contributed by atoms with Gasteiger partial charge in [-0.3, -0.25) is 15.2 Å². The highest BCUT2D eigenvalue weighted by Crippen LogP contribution is 2.40. The van der Waals surface area contributed by atoms with Crippen molar-refractivity contribution in [1.29, 1.82) is 0 Å². The maximum absolute atomic E-state index is 13.4. The van der Waals surface area contributed by atoms with E-state index < -0.39 is 12.7 Å². The minimum Gasteiger partial charge on any atom is -0.491 e. The molecule has 10 heteroatoms. The third-order valence-electron chi connectivity index (χ3n) is 5.98. The Labute approximate surface area is 196 Å². The number of hydrogen-bond donors (Lipinski definition) is 3. The Kier molecular flexibility index (Phi) is 5.99. The lowest BCUT2D eigenvalue weighted by molar-refractivity contribution is 0.0536. The Balaban J connectivity index is 1.41. The van der Waals surface area contributed by atoms with Crippen molar-refractivity contribution >= 4 is 23.4 Å². The molecule has 0 aliphatic carbocycles. The minimum absolute atomic E-state index is 0.00793. The second-order valence-corrected chi connectivity index (χ2v) is 8.44. The van der Waals surface area contributed by atoms with Gasteiger partial charge in [0.25, 0.3) is 0 Å². The first-order chi connectivity index (χ1) is 16.5. The van der Waals surface area contributed by atoms with Crippen LogP contribution in [0.1, 0.15) is 12.1 Å². The summed E-state index contributed by atoms with van der Waals surface area (Å²) in [7, 11) is 0. The van der Waals surface area contributed by atoms with Crippen LogP contribution in [0.25, 0.3) is 11.3 Å². The molecule has 0 spiro atoms. The molecule has 0 radical (unpaired) electrons. The van der Waals surface area contributed by atoms with Crippen LogP contribution in [0.5, 0.6) is 5.75 Å². The highest BCUT2D eigenvalue weighted by molar-refractivity contribution is 6.04. The van der Waals surface area contributed by atoms with Gasteiger partial charge in [-0.15, -0.1) is 0 Å². The maximum Gasteiger partial charge on any atom is 0.329 e. The molecule has 176 valence electrons. The molecule has 1 fully saturated rings. The third kappa shape index (κ3) is 4.37. The zero-order chi connectivity index (χ0) is 23.7. The molecule has 0 unspecified atom stereocenters. The Bertz CT molecular complexity index is 1210. The van der Waals surface area contributed by atoms with Gasteiger partial charge in [0.05, 0.1) is 24.0 Å². The van der Waals surface area contributed by atoms with Gasteiger partial charge >= 0.3 is 6.03 Å². The van der Waals surface area contributed by atoms with E-state index in [2.05, 4.69) is 20.2 Å². The van der Waals surface area contributed by atoms with Crippen LogP contribution in [-0.2, 0) is 0 Å². The molecule has 3 aromatic rings. The molecule has 0 aromatic carbocycles. The number of aliphatic hydroxyl groups excluding tert-OH is 2. The molecule has 2 bridgehead atoms. The molecule has 34 heavy (non-hydrogen) atoms. The number of amides is 2. The van der Waals surface area contributed by atoms with E-state index in [1.807, 2.05) is 31.2 Å². The topological polar surface area (TPSA) is 124 Å². The quantitative estimate of drug-likeness (QED) is 0.509. The summed E-state index contributed by atoms with van der Waals surface area (Å²) in [5.41, 5.74) is 3.55. The fraction of sp³-hybridized carbons (Fsp3) is 0.333. The fourth-order valence-corrected chi connectivity index (χ4v) is 4.32. The summed E-state index contributed by atoms with van der Waals surface area (Å²) in [5.74, 6) is 1.37. The number of ether oxygens (including phenoxy) is 1.